The van der Waals surface area contributed by atoms with Gasteiger partial charge in [-0.25, -0.2) is 0 Å². The van der Waals surface area contributed by atoms with Crippen LogP contribution in [0.25, 0.3) is 172 Å². The van der Waals surface area contributed by atoms with Crippen LogP contribution in [0, 0.1) is 13.8 Å². The third-order valence-electron chi connectivity index (χ3n) is 24.3. The largest absolute Gasteiger partial charge is 0.289 e. The Morgan fingerprint density at radius 1 is 0.131 bits per heavy atom. The van der Waals surface area contributed by atoms with Crippen molar-refractivity contribution in [1.29, 1.82) is 0 Å². The fourth-order valence-corrected chi connectivity index (χ4v) is 24.9. The summed E-state index contributed by atoms with van der Waals surface area (Å²) in [4.78, 5) is 101. The zero-order valence-electron chi connectivity index (χ0n) is 75.8. The van der Waals surface area contributed by atoms with Crippen molar-refractivity contribution in [3.63, 3.8) is 0 Å². The van der Waals surface area contributed by atoms with Crippen molar-refractivity contribution in [2.75, 3.05) is 0 Å². The van der Waals surface area contributed by atoms with Crippen LogP contribution < -0.4 is 43.4 Å². The Bertz CT molecular complexity index is 9870. The number of benzene rings is 16. The lowest BCUT2D eigenvalue weighted by atomic mass is 10.1. The molecule has 24 aromatic carbocycles. The van der Waals surface area contributed by atoms with E-state index in [4.69, 9.17) is 0 Å². The highest BCUT2D eigenvalue weighted by atomic mass is 79.9. The Morgan fingerprint density at radius 2 is 0.428 bits per heavy atom. The van der Waals surface area contributed by atoms with Gasteiger partial charge in [-0.15, -0.1) is 0 Å². The maximum Gasteiger partial charge on any atom is 0.195 e. The van der Waals surface area contributed by atoms with Gasteiger partial charge in [-0.3, -0.25) is 38.4 Å². The van der Waals surface area contributed by atoms with E-state index in [0.717, 1.165) is 234 Å². The fraction of sp³-hybridized carbons (Fsp3) is 0.0164. The number of halogens is 15. The minimum Gasteiger partial charge on any atom is -0.289 e. The highest BCUT2D eigenvalue weighted by molar-refractivity contribution is 9.15. The maximum atomic E-state index is 12.6. The average Bonchev–Trinajstić information content (AvgIpc) is 1.75. The number of fused-ring (bicyclic) bond motifs is 16. The molecule has 0 amide bonds. The van der Waals surface area contributed by atoms with E-state index in [1.54, 1.807) is 0 Å². The van der Waals surface area contributed by atoms with Crippen molar-refractivity contribution in [2.24, 2.45) is 0 Å². The predicted octanol–water partition coefficient (Wildman–Crippen LogP) is 38.9. The van der Waals surface area contributed by atoms with Gasteiger partial charge in [0.1, 0.15) is 0 Å². The third-order valence-corrected chi connectivity index (χ3v) is 36.3. The van der Waals surface area contributed by atoms with Gasteiger partial charge in [-0.1, -0.05) is 414 Å². The van der Waals surface area contributed by atoms with Crippen molar-refractivity contribution in [3.8, 4) is 0 Å². The number of aryl methyl sites for hydroxylation is 2. The third kappa shape index (κ3) is 23.5. The van der Waals surface area contributed by atoms with Gasteiger partial charge in [0, 0.05) is 159 Å². The molecule has 145 heavy (non-hydrogen) atoms. The summed E-state index contributed by atoms with van der Waals surface area (Å²) >= 11 is 52.1. The van der Waals surface area contributed by atoms with Crippen LogP contribution in [0.4, 0.5) is 0 Å². The fourth-order valence-electron chi connectivity index (χ4n) is 17.1. The molecule has 0 atom stereocenters. The first-order valence-electron chi connectivity index (χ1n) is 44.5. The number of hydrogen-bond acceptors (Lipinski definition) is 8. The average molecular weight is 2860 g/mol. The second-order valence-corrected chi connectivity index (χ2v) is 46.4. The van der Waals surface area contributed by atoms with E-state index >= 15 is 0 Å². The van der Waals surface area contributed by atoms with E-state index in [2.05, 4.69) is 239 Å². The van der Waals surface area contributed by atoms with E-state index in [1.165, 1.54) is 5.56 Å². The Labute approximate surface area is 955 Å². The SMILES string of the molecule is Cc1ccc2c(=O)c3ccc(Br)cc3ccc2c1.Cc1ccc2ccc3c(Br)cccc3c(=O)c2c1.O=c1c2cccc(Br)c2ccc2c(Br)cccc12.O=c1c2ccccc2ccc2c(Br)c(Br)c(Br)cc12.O=c1c2ccccc2ccc2c(Br)cc(Br)cc12.O=c1c2ccccc2ccc2cc(Br)c(Br)cc12.O=c1c2ccccc2ccc2cc(Br)cc(Br)c12.O=c1c2ccccc2ccc2ccc(Br)c(Br)c12. The van der Waals surface area contributed by atoms with E-state index in [1.807, 2.05) is 396 Å². The summed E-state index contributed by atoms with van der Waals surface area (Å²) in [5.74, 6) is 0. The summed E-state index contributed by atoms with van der Waals surface area (Å²) in [5, 5.41) is 27.0. The highest BCUT2D eigenvalue weighted by Gasteiger charge is 2.17. The van der Waals surface area contributed by atoms with Crippen molar-refractivity contribution in [3.05, 3.63) is 542 Å². The molecule has 24 rings (SSSR count). The molecule has 0 saturated carbocycles. The molecular formula is C122H69Br15O8. The summed E-state index contributed by atoms with van der Waals surface area (Å²) in [7, 11) is 0. The molecule has 0 aliphatic carbocycles. The quantitative estimate of drug-likeness (QED) is 0.137. The van der Waals surface area contributed by atoms with Crippen LogP contribution in [-0.2, 0) is 0 Å². The molecule has 0 aromatic heterocycles. The molecule has 0 aliphatic heterocycles. The molecule has 0 unspecified atom stereocenters. The van der Waals surface area contributed by atoms with Crippen molar-refractivity contribution >= 4 is 411 Å². The van der Waals surface area contributed by atoms with E-state index < -0.39 is 0 Å². The molecule has 0 fully saturated rings. The standard InChI is InChI=1S/2C16H11BrO.C15H7Br3O.5C15H8Br2O/c1-10-2-6-14-11(8-10)3-4-12-9-13(17)5-7-15(12)16(14)18;1-10-5-6-11-7-8-12-13(3-2-4-15(12)17)16(18)14(11)9-10;16-12-7-11-10(13(17)14(12)18)6-5-8-3-1-2-4-9(8)15(11)19;16-13-5-1-3-11-9(13)7-8-10-12(15(11)18)4-2-6-14(10)17;16-10-7-13-12(14(17)8-10)6-5-9-3-1-2-4-11(9)15(13)18;16-11-7-10-6-5-9-3-1-2-4-12(9)15(18)14(10)13(17)8-11;16-13-7-10-6-5-9-3-1-2-4-11(9)15(18)12(10)8-14(13)17;16-12-8-7-10-6-5-9-3-1-2-4-11(9)15(18)13(10)14(12)17/h2*2-9H,1H3;1-7H;5*1-8H. The molecule has 0 spiro atoms. The van der Waals surface area contributed by atoms with Crippen molar-refractivity contribution in [1.82, 2.24) is 0 Å². The zero-order valence-corrected chi connectivity index (χ0v) is 99.6. The van der Waals surface area contributed by atoms with Gasteiger partial charge in [0.05, 0.1) is 0 Å². The van der Waals surface area contributed by atoms with Crippen molar-refractivity contribution in [2.45, 2.75) is 13.8 Å². The second kappa shape index (κ2) is 47.2. The summed E-state index contributed by atoms with van der Waals surface area (Å²) in [6.07, 6.45) is 0. The lowest BCUT2D eigenvalue weighted by Gasteiger charge is -2.02. The minimum absolute atomic E-state index is 0.0458. The first-order chi connectivity index (χ1) is 69.8. The summed E-state index contributed by atoms with van der Waals surface area (Å²) in [5.41, 5.74) is 2.81. The van der Waals surface area contributed by atoms with Crippen molar-refractivity contribution < 1.29 is 0 Å². The van der Waals surface area contributed by atoms with Gasteiger partial charge < -0.3 is 0 Å². The van der Waals surface area contributed by atoms with Crippen LogP contribution >= 0.6 is 239 Å². The van der Waals surface area contributed by atoms with Gasteiger partial charge in [0.2, 0.25) is 0 Å². The molecule has 0 N–H and O–H groups in total. The first-order valence-corrected chi connectivity index (χ1v) is 56.4. The Morgan fingerprint density at radius 3 is 0.945 bits per heavy atom. The van der Waals surface area contributed by atoms with Gasteiger partial charge in [-0.2, -0.15) is 0 Å². The zero-order chi connectivity index (χ0) is 102. The molecule has 0 aliphatic rings. The molecule has 0 saturated heterocycles. The van der Waals surface area contributed by atoms with Gasteiger partial charge in [0.15, 0.2) is 43.4 Å². The molecule has 8 nitrogen and oxygen atoms in total. The lowest BCUT2D eigenvalue weighted by molar-refractivity contribution is 1.51. The van der Waals surface area contributed by atoms with Crippen LogP contribution in [0.3, 0.4) is 0 Å². The molecule has 23 heteroatoms. The first kappa shape index (κ1) is 106. The highest BCUT2D eigenvalue weighted by Crippen LogP contribution is 2.39. The van der Waals surface area contributed by atoms with Crippen LogP contribution in [0.5, 0.6) is 0 Å². The van der Waals surface area contributed by atoms with Crippen LogP contribution in [0.1, 0.15) is 11.1 Å². The van der Waals surface area contributed by atoms with E-state index in [-0.39, 0.29) is 43.4 Å². The second-order valence-electron chi connectivity index (χ2n) is 33.6. The molecular weight excluding hydrogens is 2790 g/mol. The predicted molar refractivity (Wildman–Crippen MR) is 667 cm³/mol. The van der Waals surface area contributed by atoms with Crippen LogP contribution in [0.2, 0.25) is 0 Å². The topological polar surface area (TPSA) is 137 Å². The monoisotopic (exact) mass is 2850 g/mol. The van der Waals surface area contributed by atoms with Crippen LogP contribution in [-0.4, -0.2) is 0 Å². The minimum atomic E-state index is 0.0458. The maximum absolute atomic E-state index is 12.6. The Hall–Kier alpha value is -10.0. The van der Waals surface area contributed by atoms with E-state index in [9.17, 15) is 38.4 Å². The Kier molecular flexibility index (Phi) is 34.6. The lowest BCUT2D eigenvalue weighted by Crippen LogP contribution is -1.99. The molecule has 0 bridgehead atoms. The molecule has 24 aromatic rings. The van der Waals surface area contributed by atoms with Gasteiger partial charge in [-0.05, 0) is 313 Å². The summed E-state index contributed by atoms with van der Waals surface area (Å²) in [6.45, 7) is 4.04. The number of rotatable bonds is 0. The van der Waals surface area contributed by atoms with Crippen LogP contribution in [0.15, 0.2) is 488 Å². The van der Waals surface area contributed by atoms with E-state index in [0.29, 0.717) is 10.8 Å². The van der Waals surface area contributed by atoms with Gasteiger partial charge >= 0.3 is 0 Å². The van der Waals surface area contributed by atoms with Gasteiger partial charge in [0.25, 0.3) is 0 Å². The normalized spacial score (nSPS) is 11.0. The molecule has 0 radical (unpaired) electrons. The summed E-state index contributed by atoms with van der Waals surface area (Å²) < 4.78 is 13.6. The molecule has 0 heterocycles. The Balaban J connectivity index is 0.000000114. The smallest absolute Gasteiger partial charge is 0.195 e. The molecule has 710 valence electrons. The summed E-state index contributed by atoms with van der Waals surface area (Å²) in [6, 6.07) is 122. The number of hydrogen-bond donors (Lipinski definition) is 0.